The van der Waals surface area contributed by atoms with Crippen molar-refractivity contribution < 1.29 is 4.74 Å². The Morgan fingerprint density at radius 1 is 0.641 bits per heavy atom. The highest BCUT2D eigenvalue weighted by Gasteiger charge is 2.33. The highest BCUT2D eigenvalue weighted by atomic mass is 32.1. The average Bonchev–Trinajstić information content (AvgIpc) is 3.65. The largest absolute Gasteiger partial charge is 0.485 e. The van der Waals surface area contributed by atoms with Crippen molar-refractivity contribution in [1.29, 1.82) is 0 Å². The molecular formula is C36H23NOS. The first kappa shape index (κ1) is 21.3. The minimum absolute atomic E-state index is 0.0641. The predicted molar refractivity (Wildman–Crippen MR) is 164 cm³/mol. The fourth-order valence-electron chi connectivity index (χ4n) is 6.53. The molecule has 3 heteroatoms. The van der Waals surface area contributed by atoms with E-state index < -0.39 is 0 Å². The third kappa shape index (κ3) is 3.08. The first-order valence-corrected chi connectivity index (χ1v) is 14.2. The molecule has 39 heavy (non-hydrogen) atoms. The van der Waals surface area contributed by atoms with Crippen LogP contribution in [-0.2, 0) is 0 Å². The van der Waals surface area contributed by atoms with Gasteiger partial charge in [-0.2, -0.15) is 0 Å². The van der Waals surface area contributed by atoms with Crippen molar-refractivity contribution in [2.75, 3.05) is 0 Å². The number of benzene rings is 5. The van der Waals surface area contributed by atoms with Crippen molar-refractivity contribution in [3.63, 3.8) is 0 Å². The van der Waals surface area contributed by atoms with Crippen LogP contribution in [0.3, 0.4) is 0 Å². The van der Waals surface area contributed by atoms with Crippen LogP contribution in [0.15, 0.2) is 127 Å². The average molecular weight is 518 g/mol. The first-order valence-electron chi connectivity index (χ1n) is 13.4. The zero-order valence-corrected chi connectivity index (χ0v) is 21.9. The molecule has 7 aromatic rings. The number of thiophene rings is 1. The summed E-state index contributed by atoms with van der Waals surface area (Å²) in [6.45, 7) is 0. The molecule has 0 amide bonds. The monoisotopic (exact) mass is 517 g/mol. The van der Waals surface area contributed by atoms with Gasteiger partial charge in [-0.15, -0.1) is 11.3 Å². The van der Waals surface area contributed by atoms with Gasteiger partial charge in [0, 0.05) is 48.1 Å². The Morgan fingerprint density at radius 3 is 2.26 bits per heavy atom. The van der Waals surface area contributed by atoms with Crippen LogP contribution in [0.5, 0.6) is 5.75 Å². The summed E-state index contributed by atoms with van der Waals surface area (Å²) in [4.78, 5) is 0. The van der Waals surface area contributed by atoms with Gasteiger partial charge < -0.3 is 9.30 Å². The second-order valence-electron chi connectivity index (χ2n) is 10.5. The minimum Gasteiger partial charge on any atom is -0.485 e. The van der Waals surface area contributed by atoms with Crippen LogP contribution in [0.25, 0.3) is 53.2 Å². The molecule has 1 aliphatic carbocycles. The summed E-state index contributed by atoms with van der Waals surface area (Å²) in [7, 11) is 0. The highest BCUT2D eigenvalue weighted by Crippen LogP contribution is 2.44. The van der Waals surface area contributed by atoms with Crippen LogP contribution in [0.1, 0.15) is 17.0 Å². The molecule has 1 aliphatic heterocycles. The second kappa shape index (κ2) is 7.95. The molecule has 0 saturated carbocycles. The third-order valence-electron chi connectivity index (χ3n) is 8.35. The molecule has 0 fully saturated rings. The Hall–Kier alpha value is -4.60. The summed E-state index contributed by atoms with van der Waals surface area (Å²) in [6, 6.07) is 39.6. The fraction of sp³-hybridized carbons (Fsp3) is 0.0556. The molecule has 2 unspecified atom stereocenters. The number of nitrogens with zero attached hydrogens (tertiary/aromatic N) is 1. The second-order valence-corrected chi connectivity index (χ2v) is 11.6. The Balaban J connectivity index is 1.15. The van der Waals surface area contributed by atoms with E-state index in [4.69, 9.17) is 4.74 Å². The van der Waals surface area contributed by atoms with Gasteiger partial charge in [0.15, 0.2) is 0 Å². The molecule has 0 bridgehead atoms. The van der Waals surface area contributed by atoms with Gasteiger partial charge >= 0.3 is 0 Å². The molecule has 2 aliphatic rings. The van der Waals surface area contributed by atoms with Crippen molar-refractivity contribution in [3.05, 3.63) is 139 Å². The minimum atomic E-state index is 0.0641. The number of hydrogen-bond donors (Lipinski definition) is 0. The lowest BCUT2D eigenvalue weighted by Gasteiger charge is -2.18. The van der Waals surface area contributed by atoms with Crippen LogP contribution in [-0.4, -0.2) is 10.7 Å². The predicted octanol–water partition coefficient (Wildman–Crippen LogP) is 9.65. The van der Waals surface area contributed by atoms with E-state index in [9.17, 15) is 0 Å². The lowest BCUT2D eigenvalue weighted by molar-refractivity contribution is 0.269. The maximum absolute atomic E-state index is 6.28. The van der Waals surface area contributed by atoms with Crippen molar-refractivity contribution in [2.45, 2.75) is 12.0 Å². The maximum Gasteiger partial charge on any atom is 0.128 e. The summed E-state index contributed by atoms with van der Waals surface area (Å²) < 4.78 is 11.3. The van der Waals surface area contributed by atoms with Crippen LogP contribution < -0.4 is 4.74 Å². The quantitative estimate of drug-likeness (QED) is 0.223. The lowest BCUT2D eigenvalue weighted by atomic mass is 9.87. The van der Waals surface area contributed by atoms with E-state index in [-0.39, 0.29) is 6.10 Å². The highest BCUT2D eigenvalue weighted by molar-refractivity contribution is 7.25. The van der Waals surface area contributed by atoms with Gasteiger partial charge in [-0.1, -0.05) is 78.9 Å². The van der Waals surface area contributed by atoms with Gasteiger partial charge in [0.2, 0.25) is 0 Å². The third-order valence-corrected chi connectivity index (χ3v) is 9.48. The van der Waals surface area contributed by atoms with Crippen molar-refractivity contribution >= 4 is 58.9 Å². The van der Waals surface area contributed by atoms with E-state index >= 15 is 0 Å². The number of fused-ring (bicyclic) bond motifs is 9. The van der Waals surface area contributed by atoms with Gasteiger partial charge in [0.25, 0.3) is 0 Å². The van der Waals surface area contributed by atoms with E-state index in [1.165, 1.54) is 64.4 Å². The van der Waals surface area contributed by atoms with Gasteiger partial charge in [-0.05, 0) is 59.7 Å². The molecule has 9 rings (SSSR count). The van der Waals surface area contributed by atoms with Gasteiger partial charge in [0.05, 0.1) is 11.0 Å². The molecule has 0 radical (unpaired) electrons. The number of ether oxygens (including phenoxy) is 1. The molecule has 0 spiro atoms. The summed E-state index contributed by atoms with van der Waals surface area (Å²) in [5.74, 6) is 1.31. The summed E-state index contributed by atoms with van der Waals surface area (Å²) in [6.07, 6.45) is 6.93. The zero-order chi connectivity index (χ0) is 25.5. The van der Waals surface area contributed by atoms with Crippen LogP contribution >= 0.6 is 11.3 Å². The molecule has 0 saturated heterocycles. The van der Waals surface area contributed by atoms with Crippen LogP contribution in [0.4, 0.5) is 0 Å². The molecule has 0 N–H and O–H groups in total. The normalized spacial score (nSPS) is 18.0. The molecule has 2 atom stereocenters. The van der Waals surface area contributed by atoms with Crippen LogP contribution in [0.2, 0.25) is 0 Å². The molecule has 2 aromatic heterocycles. The summed E-state index contributed by atoms with van der Waals surface area (Å²) in [5.41, 5.74) is 7.44. The van der Waals surface area contributed by atoms with Crippen molar-refractivity contribution in [3.8, 4) is 11.4 Å². The molecular weight excluding hydrogens is 494 g/mol. The van der Waals surface area contributed by atoms with Crippen LogP contribution in [0, 0.1) is 0 Å². The van der Waals surface area contributed by atoms with Gasteiger partial charge in [-0.3, -0.25) is 0 Å². The van der Waals surface area contributed by atoms with Gasteiger partial charge in [-0.25, -0.2) is 0 Å². The Bertz CT molecular complexity index is 2120. The fourth-order valence-corrected chi connectivity index (χ4v) is 7.65. The SMILES string of the molecule is C1=CC2c3ccccc3OC2C=C1c1ccc2c(c1)sc1ccc(-n3c4ccccc4c4ccccc43)cc12. The Morgan fingerprint density at radius 2 is 1.41 bits per heavy atom. The van der Waals surface area contributed by atoms with Gasteiger partial charge in [0.1, 0.15) is 11.9 Å². The van der Waals surface area contributed by atoms with E-state index in [2.05, 4.69) is 126 Å². The van der Waals surface area contributed by atoms with Crippen molar-refractivity contribution in [1.82, 2.24) is 4.57 Å². The van der Waals surface area contributed by atoms with E-state index in [1.54, 1.807) is 0 Å². The Kier molecular flexibility index (Phi) is 4.35. The van der Waals surface area contributed by atoms with E-state index in [1.807, 2.05) is 17.4 Å². The standard InChI is InChI=1S/C36H23NOS/c1-4-10-31-25(7-1)26-8-2-5-11-32(26)37(31)24-15-18-35-30(21-24)29-17-14-23(20-36(29)39-35)22-13-16-28-27-9-3-6-12-33(27)38-34(28)19-22/h1-21,28,34H. The number of hydrogen-bond acceptors (Lipinski definition) is 2. The zero-order valence-electron chi connectivity index (χ0n) is 21.0. The molecule has 184 valence electrons. The summed E-state index contributed by atoms with van der Waals surface area (Å²) in [5, 5.41) is 5.20. The number of para-hydroxylation sites is 3. The smallest absolute Gasteiger partial charge is 0.128 e. The molecule has 5 aromatic carbocycles. The first-order chi connectivity index (χ1) is 19.3. The lowest BCUT2D eigenvalue weighted by Crippen LogP contribution is -2.17. The number of rotatable bonds is 2. The van der Waals surface area contributed by atoms with E-state index in [0.29, 0.717) is 5.92 Å². The number of allylic oxidation sites excluding steroid dienone is 2. The number of aromatic nitrogens is 1. The molecule has 2 nitrogen and oxygen atoms in total. The Labute approximate surface area is 229 Å². The van der Waals surface area contributed by atoms with E-state index in [0.717, 1.165) is 5.75 Å². The maximum atomic E-state index is 6.28. The molecule has 3 heterocycles. The summed E-state index contributed by atoms with van der Waals surface area (Å²) >= 11 is 1.87. The van der Waals surface area contributed by atoms with Crippen molar-refractivity contribution in [2.24, 2.45) is 0 Å². The topological polar surface area (TPSA) is 14.2 Å².